The van der Waals surface area contributed by atoms with Crippen LogP contribution in [-0.2, 0) is 11.2 Å². The Morgan fingerprint density at radius 1 is 1.69 bits per heavy atom. The number of aromatic nitrogens is 1. The Morgan fingerprint density at radius 2 is 2.62 bits per heavy atom. The van der Waals surface area contributed by atoms with Crippen LogP contribution in [0.3, 0.4) is 0 Å². The van der Waals surface area contributed by atoms with Crippen LogP contribution in [0.15, 0.2) is 11.6 Å². The van der Waals surface area contributed by atoms with Gasteiger partial charge in [0.2, 0.25) is 0 Å². The molecule has 4 heteroatoms. The predicted molar refractivity (Wildman–Crippen MR) is 66.9 cm³/mol. The molecule has 0 spiro atoms. The van der Waals surface area contributed by atoms with Crippen LogP contribution < -0.4 is 5.32 Å². The fourth-order valence-corrected chi connectivity index (χ4v) is 2.73. The normalized spacial score (nSPS) is 22.4. The number of nitrogens with one attached hydrogen (secondary N) is 1. The molecule has 0 aromatic carbocycles. The summed E-state index contributed by atoms with van der Waals surface area (Å²) < 4.78 is 5.63. The molecule has 3 nitrogen and oxygen atoms in total. The molecule has 16 heavy (non-hydrogen) atoms. The molecule has 0 amide bonds. The Bertz CT molecular complexity index is 283. The molecule has 0 aliphatic carbocycles. The Labute approximate surface area is 101 Å². The Balaban J connectivity index is 1.58. The Kier molecular flexibility index (Phi) is 4.75. The van der Waals surface area contributed by atoms with Crippen molar-refractivity contribution in [2.75, 3.05) is 13.2 Å². The van der Waals surface area contributed by atoms with Crippen molar-refractivity contribution in [3.05, 3.63) is 16.6 Å². The van der Waals surface area contributed by atoms with E-state index in [-0.39, 0.29) is 0 Å². The van der Waals surface area contributed by atoms with Crippen LogP contribution in [0, 0.1) is 0 Å². The molecular weight excluding hydrogens is 220 g/mol. The first-order chi connectivity index (χ1) is 7.84. The fourth-order valence-electron chi connectivity index (χ4n) is 2.11. The second-order valence-corrected chi connectivity index (χ2v) is 5.38. The number of thiazole rings is 1. The predicted octanol–water partition coefficient (Wildman–Crippen LogP) is 2.23. The van der Waals surface area contributed by atoms with E-state index in [1.807, 2.05) is 11.6 Å². The molecule has 0 saturated carbocycles. The lowest BCUT2D eigenvalue weighted by atomic mass is 10.1. The molecule has 0 radical (unpaired) electrons. The molecule has 2 atom stereocenters. The number of ether oxygens (including phenoxy) is 1. The number of nitrogens with zero attached hydrogens (tertiary/aromatic N) is 1. The summed E-state index contributed by atoms with van der Waals surface area (Å²) in [7, 11) is 0. The molecule has 2 heterocycles. The first-order valence-corrected chi connectivity index (χ1v) is 6.96. The van der Waals surface area contributed by atoms with E-state index >= 15 is 0 Å². The first kappa shape index (κ1) is 12.0. The molecule has 1 fully saturated rings. The fraction of sp³-hybridized carbons (Fsp3) is 0.750. The minimum Gasteiger partial charge on any atom is -0.378 e. The zero-order valence-corrected chi connectivity index (χ0v) is 10.6. The van der Waals surface area contributed by atoms with Gasteiger partial charge in [0.15, 0.2) is 0 Å². The summed E-state index contributed by atoms with van der Waals surface area (Å²) in [4.78, 5) is 4.27. The van der Waals surface area contributed by atoms with Crippen molar-refractivity contribution in [3.8, 4) is 0 Å². The van der Waals surface area contributed by atoms with Crippen LogP contribution in [0.25, 0.3) is 0 Å². The molecule has 1 aliphatic rings. The monoisotopic (exact) mass is 240 g/mol. The summed E-state index contributed by atoms with van der Waals surface area (Å²) in [6.07, 6.45) is 7.00. The maximum atomic E-state index is 5.63. The van der Waals surface area contributed by atoms with Crippen molar-refractivity contribution in [3.63, 3.8) is 0 Å². The van der Waals surface area contributed by atoms with Crippen LogP contribution >= 0.6 is 11.3 Å². The van der Waals surface area contributed by atoms with Gasteiger partial charge in [-0.1, -0.05) is 0 Å². The van der Waals surface area contributed by atoms with E-state index in [9.17, 15) is 0 Å². The van der Waals surface area contributed by atoms with E-state index < -0.39 is 0 Å². The maximum Gasteiger partial charge on any atom is 0.0937 e. The highest BCUT2D eigenvalue weighted by molar-refractivity contribution is 7.09. The van der Waals surface area contributed by atoms with Crippen molar-refractivity contribution in [2.24, 2.45) is 0 Å². The highest BCUT2D eigenvalue weighted by Crippen LogP contribution is 2.16. The van der Waals surface area contributed by atoms with Gasteiger partial charge < -0.3 is 10.1 Å². The lowest BCUT2D eigenvalue weighted by molar-refractivity contribution is 0.0964. The van der Waals surface area contributed by atoms with E-state index in [1.165, 1.54) is 17.8 Å². The molecule has 1 aromatic rings. The zero-order valence-electron chi connectivity index (χ0n) is 9.82. The third-order valence-corrected chi connectivity index (χ3v) is 3.79. The van der Waals surface area contributed by atoms with Gasteiger partial charge in [-0.05, 0) is 26.2 Å². The lowest BCUT2D eigenvalue weighted by Gasteiger charge is -2.17. The lowest BCUT2D eigenvalue weighted by Crippen LogP contribution is -2.31. The highest BCUT2D eigenvalue weighted by Gasteiger charge is 2.17. The molecule has 1 aliphatic heterocycles. The minimum atomic E-state index is 0.488. The van der Waals surface area contributed by atoms with E-state index in [0.717, 1.165) is 26.0 Å². The SMILES string of the molecule is CC(CC1CCCO1)NCCc1nccs1. The summed E-state index contributed by atoms with van der Waals surface area (Å²) in [5, 5.41) is 6.79. The Morgan fingerprint density at radius 3 is 3.31 bits per heavy atom. The van der Waals surface area contributed by atoms with Crippen LogP contribution in [0.2, 0.25) is 0 Å². The summed E-state index contributed by atoms with van der Waals surface area (Å²) >= 11 is 1.73. The van der Waals surface area contributed by atoms with Crippen molar-refractivity contribution >= 4 is 11.3 Å². The zero-order chi connectivity index (χ0) is 11.2. The number of rotatable bonds is 6. The third-order valence-electron chi connectivity index (χ3n) is 2.96. The van der Waals surface area contributed by atoms with E-state index in [0.29, 0.717) is 12.1 Å². The van der Waals surface area contributed by atoms with Gasteiger partial charge in [0.05, 0.1) is 11.1 Å². The Hall–Kier alpha value is -0.450. The van der Waals surface area contributed by atoms with Crippen molar-refractivity contribution in [1.82, 2.24) is 10.3 Å². The standard InChI is InChI=1S/C12H20N2OS/c1-10(9-11-3-2-7-15-11)13-5-4-12-14-6-8-16-12/h6,8,10-11,13H,2-5,7,9H2,1H3. The number of hydrogen-bond donors (Lipinski definition) is 1. The quantitative estimate of drug-likeness (QED) is 0.828. The van der Waals surface area contributed by atoms with Gasteiger partial charge in [-0.25, -0.2) is 4.98 Å². The van der Waals surface area contributed by atoms with E-state index in [2.05, 4.69) is 17.2 Å². The van der Waals surface area contributed by atoms with Gasteiger partial charge in [0.25, 0.3) is 0 Å². The van der Waals surface area contributed by atoms with Gasteiger partial charge in [-0.15, -0.1) is 11.3 Å². The molecule has 1 N–H and O–H groups in total. The molecule has 2 unspecified atom stereocenters. The topological polar surface area (TPSA) is 34.1 Å². The van der Waals surface area contributed by atoms with Crippen molar-refractivity contribution in [2.45, 2.75) is 44.8 Å². The second-order valence-electron chi connectivity index (χ2n) is 4.40. The molecule has 0 bridgehead atoms. The van der Waals surface area contributed by atoms with E-state index in [1.54, 1.807) is 11.3 Å². The highest BCUT2D eigenvalue weighted by atomic mass is 32.1. The van der Waals surface area contributed by atoms with Gasteiger partial charge in [0, 0.05) is 37.2 Å². The summed E-state index contributed by atoms with van der Waals surface area (Å²) in [6, 6.07) is 0.545. The minimum absolute atomic E-state index is 0.488. The molecule has 90 valence electrons. The molecule has 1 aromatic heterocycles. The van der Waals surface area contributed by atoms with Crippen LogP contribution in [0.5, 0.6) is 0 Å². The van der Waals surface area contributed by atoms with Crippen molar-refractivity contribution < 1.29 is 4.74 Å². The smallest absolute Gasteiger partial charge is 0.0937 e. The first-order valence-electron chi connectivity index (χ1n) is 6.08. The molecular formula is C12H20N2OS. The van der Waals surface area contributed by atoms with Gasteiger partial charge in [0.1, 0.15) is 0 Å². The van der Waals surface area contributed by atoms with Gasteiger partial charge in [-0.2, -0.15) is 0 Å². The van der Waals surface area contributed by atoms with Gasteiger partial charge >= 0.3 is 0 Å². The van der Waals surface area contributed by atoms with Crippen LogP contribution in [0.4, 0.5) is 0 Å². The van der Waals surface area contributed by atoms with Crippen molar-refractivity contribution in [1.29, 1.82) is 0 Å². The average molecular weight is 240 g/mol. The van der Waals surface area contributed by atoms with Gasteiger partial charge in [-0.3, -0.25) is 0 Å². The van der Waals surface area contributed by atoms with Crippen LogP contribution in [0.1, 0.15) is 31.2 Å². The second kappa shape index (κ2) is 6.33. The average Bonchev–Trinajstić information content (AvgIpc) is 2.90. The maximum absolute atomic E-state index is 5.63. The number of hydrogen-bond acceptors (Lipinski definition) is 4. The summed E-state index contributed by atoms with van der Waals surface area (Å²) in [6.45, 7) is 4.21. The van der Waals surface area contributed by atoms with Crippen LogP contribution in [-0.4, -0.2) is 30.3 Å². The molecule has 1 saturated heterocycles. The molecule has 2 rings (SSSR count). The third kappa shape index (κ3) is 3.85. The van der Waals surface area contributed by atoms with E-state index in [4.69, 9.17) is 4.74 Å². The largest absolute Gasteiger partial charge is 0.378 e. The summed E-state index contributed by atoms with van der Waals surface area (Å²) in [5.41, 5.74) is 0. The summed E-state index contributed by atoms with van der Waals surface area (Å²) in [5.74, 6) is 0.